The SMILES string of the molecule is CC(CC(C)(C)C)CP(=O)(C(=O)c1c(C(=O)O)cccc1C(=O)O)C(=O)c1c(C(=O)O)cccc1C(=O)O. The summed E-state index contributed by atoms with van der Waals surface area (Å²) in [6, 6.07) is 5.74. The summed E-state index contributed by atoms with van der Waals surface area (Å²) in [6.07, 6.45) is -0.363. The van der Waals surface area contributed by atoms with E-state index in [1.165, 1.54) is 0 Å². The molecule has 0 amide bonds. The summed E-state index contributed by atoms with van der Waals surface area (Å²) in [4.78, 5) is 75.3. The standard InChI is InChI=1S/C26H27O11P/c1-13(11-26(2,3)4)12-38(37,24(35)18-14(20(27)28)7-5-8-15(18)21(29)30)25(36)19-16(22(31)32)9-6-10-17(19)23(33)34/h5-10,13H,11-12H2,1-4H3,(H,27,28)(H,29,30)(H,31,32)(H,33,34). The van der Waals surface area contributed by atoms with Crippen molar-refractivity contribution < 1.29 is 53.8 Å². The van der Waals surface area contributed by atoms with Crippen LogP contribution in [0, 0.1) is 11.3 Å². The number of carbonyl (C=O) groups excluding carboxylic acids is 2. The lowest BCUT2D eigenvalue weighted by Gasteiger charge is -2.27. The van der Waals surface area contributed by atoms with Gasteiger partial charge in [-0.1, -0.05) is 39.8 Å². The highest BCUT2D eigenvalue weighted by atomic mass is 31.2. The van der Waals surface area contributed by atoms with Crippen LogP contribution in [0.15, 0.2) is 36.4 Å². The van der Waals surface area contributed by atoms with Crippen molar-refractivity contribution >= 4 is 42.1 Å². The van der Waals surface area contributed by atoms with E-state index in [-0.39, 0.29) is 5.41 Å². The lowest BCUT2D eigenvalue weighted by molar-refractivity contribution is 0.0673. The Morgan fingerprint density at radius 3 is 1.21 bits per heavy atom. The van der Waals surface area contributed by atoms with Crippen molar-refractivity contribution in [3.63, 3.8) is 0 Å². The van der Waals surface area contributed by atoms with Gasteiger partial charge in [-0.25, -0.2) is 19.2 Å². The van der Waals surface area contributed by atoms with Crippen LogP contribution in [0.5, 0.6) is 0 Å². The fourth-order valence-electron chi connectivity index (χ4n) is 4.45. The molecule has 0 aromatic heterocycles. The van der Waals surface area contributed by atoms with Gasteiger partial charge < -0.3 is 25.0 Å². The summed E-state index contributed by atoms with van der Waals surface area (Å²) in [7, 11) is -5.09. The summed E-state index contributed by atoms with van der Waals surface area (Å²) < 4.78 is 14.5. The second kappa shape index (κ2) is 11.1. The van der Waals surface area contributed by atoms with Crippen molar-refractivity contribution in [2.45, 2.75) is 34.1 Å². The van der Waals surface area contributed by atoms with E-state index in [0.29, 0.717) is 6.42 Å². The van der Waals surface area contributed by atoms with Crippen LogP contribution in [0.1, 0.15) is 96.3 Å². The Morgan fingerprint density at radius 1 is 0.684 bits per heavy atom. The van der Waals surface area contributed by atoms with Crippen LogP contribution in [-0.2, 0) is 4.57 Å². The Bertz CT molecular complexity index is 1240. The van der Waals surface area contributed by atoms with Gasteiger partial charge >= 0.3 is 23.9 Å². The topological polar surface area (TPSA) is 200 Å². The van der Waals surface area contributed by atoms with Crippen molar-refractivity contribution in [3.05, 3.63) is 69.8 Å². The van der Waals surface area contributed by atoms with Crippen LogP contribution >= 0.6 is 7.14 Å². The minimum atomic E-state index is -5.09. The average molecular weight is 546 g/mol. The van der Waals surface area contributed by atoms with Crippen molar-refractivity contribution in [3.8, 4) is 0 Å². The largest absolute Gasteiger partial charge is 0.478 e. The van der Waals surface area contributed by atoms with Gasteiger partial charge in [0.15, 0.2) is 0 Å². The highest BCUT2D eigenvalue weighted by Crippen LogP contribution is 2.55. The molecule has 4 N–H and O–H groups in total. The number of carboxylic acids is 4. The van der Waals surface area contributed by atoms with Crippen molar-refractivity contribution in [2.75, 3.05) is 6.16 Å². The molecule has 1 unspecified atom stereocenters. The van der Waals surface area contributed by atoms with E-state index in [0.717, 1.165) is 36.4 Å². The van der Waals surface area contributed by atoms with Gasteiger partial charge in [-0.2, -0.15) is 0 Å². The molecule has 0 bridgehead atoms. The summed E-state index contributed by atoms with van der Waals surface area (Å²) in [5.74, 6) is -7.54. The Balaban J connectivity index is 2.96. The van der Waals surface area contributed by atoms with Crippen LogP contribution < -0.4 is 0 Å². The molecule has 0 saturated heterocycles. The summed E-state index contributed by atoms with van der Waals surface area (Å²) >= 11 is 0. The number of benzene rings is 2. The number of hydrogen-bond acceptors (Lipinski definition) is 7. The summed E-state index contributed by atoms with van der Waals surface area (Å²) in [5.41, 5.74) is -8.85. The van der Waals surface area contributed by atoms with E-state index < -0.39 is 87.5 Å². The number of rotatable bonds is 11. The van der Waals surface area contributed by atoms with Gasteiger partial charge in [-0.15, -0.1) is 0 Å². The molecule has 0 saturated carbocycles. The zero-order valence-corrected chi connectivity index (χ0v) is 21.9. The molecule has 202 valence electrons. The van der Waals surface area contributed by atoms with Gasteiger partial charge in [0, 0.05) is 6.16 Å². The first-order valence-electron chi connectivity index (χ1n) is 11.3. The maximum Gasteiger partial charge on any atom is 0.336 e. The molecule has 0 spiro atoms. The fourth-order valence-corrected chi connectivity index (χ4v) is 7.17. The quantitative estimate of drug-likeness (QED) is 0.279. The second-order valence-electron chi connectivity index (χ2n) is 10.1. The molecule has 11 nitrogen and oxygen atoms in total. The minimum Gasteiger partial charge on any atom is -0.478 e. The molecule has 0 radical (unpaired) electrons. The minimum absolute atomic E-state index is 0.316. The fraction of sp³-hybridized carbons (Fsp3) is 0.308. The van der Waals surface area contributed by atoms with Crippen LogP contribution in [-0.4, -0.2) is 61.5 Å². The number of hydrogen-bond donors (Lipinski definition) is 4. The molecule has 1 atom stereocenters. The Morgan fingerprint density at radius 2 is 0.974 bits per heavy atom. The maximum atomic E-state index is 14.5. The zero-order valence-electron chi connectivity index (χ0n) is 21.0. The molecular formula is C26H27O11P. The van der Waals surface area contributed by atoms with Crippen molar-refractivity contribution in [1.82, 2.24) is 0 Å². The van der Waals surface area contributed by atoms with E-state index in [1.807, 2.05) is 20.8 Å². The lowest BCUT2D eigenvalue weighted by Crippen LogP contribution is -2.25. The first-order valence-corrected chi connectivity index (χ1v) is 13.2. The average Bonchev–Trinajstić information content (AvgIpc) is 2.80. The predicted octanol–water partition coefficient (Wildman–Crippen LogP) is 4.90. The number of carboxylic acid groups (broad SMARTS) is 4. The van der Waals surface area contributed by atoms with E-state index in [9.17, 15) is 53.8 Å². The van der Waals surface area contributed by atoms with Gasteiger partial charge in [-0.05, 0) is 42.0 Å². The Hall–Kier alpha value is -4.11. The smallest absolute Gasteiger partial charge is 0.336 e. The predicted molar refractivity (Wildman–Crippen MR) is 135 cm³/mol. The van der Waals surface area contributed by atoms with E-state index >= 15 is 0 Å². The monoisotopic (exact) mass is 546 g/mol. The maximum absolute atomic E-state index is 14.5. The molecule has 38 heavy (non-hydrogen) atoms. The van der Waals surface area contributed by atoms with Crippen molar-refractivity contribution in [2.24, 2.45) is 11.3 Å². The second-order valence-corrected chi connectivity index (χ2v) is 12.7. The van der Waals surface area contributed by atoms with E-state index in [4.69, 9.17) is 0 Å². The molecular weight excluding hydrogens is 519 g/mol. The van der Waals surface area contributed by atoms with Gasteiger partial charge in [-0.3, -0.25) is 9.59 Å². The Labute approximate surface area is 217 Å². The van der Waals surface area contributed by atoms with Gasteiger partial charge in [0.2, 0.25) is 18.2 Å². The highest BCUT2D eigenvalue weighted by Gasteiger charge is 2.47. The number of aromatic carboxylic acids is 4. The van der Waals surface area contributed by atoms with Crippen LogP contribution in [0.2, 0.25) is 0 Å². The van der Waals surface area contributed by atoms with Gasteiger partial charge in [0.25, 0.3) is 0 Å². The first-order chi connectivity index (χ1) is 17.4. The highest BCUT2D eigenvalue weighted by molar-refractivity contribution is 7.95. The van der Waals surface area contributed by atoms with Crippen LogP contribution in [0.3, 0.4) is 0 Å². The van der Waals surface area contributed by atoms with E-state index in [1.54, 1.807) is 6.92 Å². The summed E-state index contributed by atoms with van der Waals surface area (Å²) in [6.45, 7) is 7.08. The third-order valence-electron chi connectivity index (χ3n) is 5.66. The first kappa shape index (κ1) is 30.1. The molecule has 2 aromatic rings. The molecule has 0 fully saturated rings. The van der Waals surface area contributed by atoms with Crippen LogP contribution in [0.25, 0.3) is 0 Å². The third kappa shape index (κ3) is 6.23. The Kier molecular flexibility index (Phi) is 8.80. The molecule has 2 rings (SSSR count). The summed E-state index contributed by atoms with van der Waals surface area (Å²) in [5, 5.41) is 38.5. The molecule has 0 heterocycles. The molecule has 0 aliphatic rings. The van der Waals surface area contributed by atoms with Gasteiger partial charge in [0.05, 0.1) is 33.4 Å². The molecule has 0 aliphatic heterocycles. The van der Waals surface area contributed by atoms with Gasteiger partial charge in [0.1, 0.15) is 0 Å². The molecule has 0 aliphatic carbocycles. The lowest BCUT2D eigenvalue weighted by atomic mass is 9.86. The normalized spacial score (nSPS) is 12.4. The van der Waals surface area contributed by atoms with Crippen molar-refractivity contribution in [1.29, 1.82) is 0 Å². The number of carbonyl (C=O) groups is 6. The molecule has 12 heteroatoms. The van der Waals surface area contributed by atoms with Crippen LogP contribution in [0.4, 0.5) is 0 Å². The zero-order chi connectivity index (χ0) is 29.2. The third-order valence-corrected chi connectivity index (χ3v) is 8.56. The van der Waals surface area contributed by atoms with E-state index in [2.05, 4.69) is 0 Å². The molecule has 2 aromatic carbocycles.